The lowest BCUT2D eigenvalue weighted by Crippen LogP contribution is -2.38. The second kappa shape index (κ2) is 9.77. The minimum Gasteiger partial charge on any atom is -0.379 e. The van der Waals surface area contributed by atoms with Gasteiger partial charge in [-0.2, -0.15) is 0 Å². The Balaban J connectivity index is 1.52. The van der Waals surface area contributed by atoms with E-state index in [1.54, 1.807) is 35.2 Å². The summed E-state index contributed by atoms with van der Waals surface area (Å²) < 4.78 is 21.0. The molecule has 0 amide bonds. The molecule has 1 aliphatic rings. The van der Waals surface area contributed by atoms with E-state index in [0.29, 0.717) is 0 Å². The first-order valence-electron chi connectivity index (χ1n) is 10.5. The summed E-state index contributed by atoms with van der Waals surface area (Å²) in [5.41, 5.74) is 1.99. The largest absolute Gasteiger partial charge is 0.379 e. The van der Waals surface area contributed by atoms with E-state index < -0.39 is 0 Å². The molecule has 1 saturated heterocycles. The van der Waals surface area contributed by atoms with E-state index in [9.17, 15) is 4.39 Å². The second-order valence-corrected chi connectivity index (χ2v) is 10.4. The summed E-state index contributed by atoms with van der Waals surface area (Å²) in [4.78, 5) is 7.19. The van der Waals surface area contributed by atoms with Crippen molar-refractivity contribution in [3.05, 3.63) is 46.2 Å². The Labute approximate surface area is 190 Å². The van der Waals surface area contributed by atoms with Crippen molar-refractivity contribution in [3.63, 3.8) is 0 Å². The molecule has 4 rings (SSSR count). The van der Waals surface area contributed by atoms with E-state index >= 15 is 0 Å². The zero-order valence-corrected chi connectivity index (χ0v) is 19.8. The summed E-state index contributed by atoms with van der Waals surface area (Å²) >= 11 is 3.35. The van der Waals surface area contributed by atoms with Crippen LogP contribution in [0.5, 0.6) is 0 Å². The van der Waals surface area contributed by atoms with Gasteiger partial charge in [0.15, 0.2) is 11.0 Å². The Morgan fingerprint density at radius 1 is 1.10 bits per heavy atom. The number of rotatable bonds is 7. The molecule has 0 saturated carbocycles. The number of benzene rings is 1. The summed E-state index contributed by atoms with van der Waals surface area (Å²) in [5, 5.41) is 13.0. The molecule has 1 aromatic carbocycles. The Bertz CT molecular complexity index is 990. The van der Waals surface area contributed by atoms with Gasteiger partial charge in [0.05, 0.1) is 23.9 Å². The number of hydrogen-bond acceptors (Lipinski definition) is 7. The third-order valence-corrected chi connectivity index (χ3v) is 7.42. The van der Waals surface area contributed by atoms with Gasteiger partial charge in [0, 0.05) is 48.3 Å². The highest BCUT2D eigenvalue weighted by Gasteiger charge is 2.20. The predicted octanol–water partition coefficient (Wildman–Crippen LogP) is 4.46. The van der Waals surface area contributed by atoms with Crippen molar-refractivity contribution in [2.24, 2.45) is 0 Å². The highest BCUT2D eigenvalue weighted by Crippen LogP contribution is 2.30. The normalized spacial score (nSPS) is 15.5. The maximum Gasteiger partial charge on any atom is 0.191 e. The van der Waals surface area contributed by atoms with Gasteiger partial charge in [0.1, 0.15) is 5.82 Å². The zero-order chi connectivity index (χ0) is 21.8. The zero-order valence-electron chi connectivity index (χ0n) is 18.2. The van der Waals surface area contributed by atoms with Gasteiger partial charge in [-0.1, -0.05) is 32.5 Å². The van der Waals surface area contributed by atoms with Crippen LogP contribution in [0.25, 0.3) is 11.4 Å². The molecule has 0 aliphatic carbocycles. The molecule has 0 atom stereocenters. The molecule has 6 nitrogen and oxygen atoms in total. The molecule has 9 heteroatoms. The molecule has 2 aromatic heterocycles. The fraction of sp³-hybridized carbons (Fsp3) is 0.500. The second-order valence-electron chi connectivity index (χ2n) is 8.60. The van der Waals surface area contributed by atoms with Gasteiger partial charge in [0.25, 0.3) is 0 Å². The molecule has 0 radical (unpaired) electrons. The third-order valence-electron chi connectivity index (χ3n) is 5.11. The monoisotopic (exact) mass is 461 g/mol. The van der Waals surface area contributed by atoms with E-state index in [2.05, 4.69) is 45.8 Å². The first kappa shape index (κ1) is 22.4. The van der Waals surface area contributed by atoms with Crippen LogP contribution >= 0.6 is 23.1 Å². The van der Waals surface area contributed by atoms with Crippen molar-refractivity contribution < 1.29 is 9.13 Å². The number of morpholine rings is 1. The lowest BCUT2D eigenvalue weighted by Gasteiger charge is -2.27. The van der Waals surface area contributed by atoms with E-state index in [-0.39, 0.29) is 11.2 Å². The SMILES string of the molecule is CC(C)(C)c1nc(CSc2nnc(-c3ccc(F)cc3)n2CCN2CCOCC2)cs1. The Hall–Kier alpha value is -1.81. The van der Waals surface area contributed by atoms with Crippen molar-refractivity contribution in [3.8, 4) is 11.4 Å². The number of nitrogens with zero attached hydrogens (tertiary/aromatic N) is 5. The Kier molecular flexibility index (Phi) is 7.05. The average Bonchev–Trinajstić information content (AvgIpc) is 3.39. The summed E-state index contributed by atoms with van der Waals surface area (Å²) in [6, 6.07) is 6.45. The summed E-state index contributed by atoms with van der Waals surface area (Å²) in [6.07, 6.45) is 0. The van der Waals surface area contributed by atoms with E-state index in [1.165, 1.54) is 12.1 Å². The molecule has 0 unspecified atom stereocenters. The van der Waals surface area contributed by atoms with Crippen LogP contribution in [0, 0.1) is 5.82 Å². The van der Waals surface area contributed by atoms with Crippen LogP contribution in [0.4, 0.5) is 4.39 Å². The summed E-state index contributed by atoms with van der Waals surface area (Å²) in [6.45, 7) is 11.6. The standard InChI is InChI=1S/C22H28FN5OS2/c1-22(2,3)20-24-18(14-30-20)15-31-21-26-25-19(16-4-6-17(23)7-5-16)28(21)9-8-27-10-12-29-13-11-27/h4-7,14H,8-13,15H2,1-3H3. The third kappa shape index (κ3) is 5.71. The highest BCUT2D eigenvalue weighted by atomic mass is 32.2. The van der Waals surface area contributed by atoms with Gasteiger partial charge in [-0.3, -0.25) is 4.90 Å². The van der Waals surface area contributed by atoms with Gasteiger partial charge in [-0.25, -0.2) is 9.37 Å². The lowest BCUT2D eigenvalue weighted by atomic mass is 9.98. The first-order valence-corrected chi connectivity index (χ1v) is 12.3. The number of hydrogen-bond donors (Lipinski definition) is 0. The Morgan fingerprint density at radius 3 is 2.52 bits per heavy atom. The van der Waals surface area contributed by atoms with Crippen molar-refractivity contribution >= 4 is 23.1 Å². The number of aromatic nitrogens is 4. The average molecular weight is 462 g/mol. The lowest BCUT2D eigenvalue weighted by molar-refractivity contribution is 0.0361. The van der Waals surface area contributed by atoms with E-state index in [4.69, 9.17) is 9.72 Å². The quantitative estimate of drug-likeness (QED) is 0.484. The fourth-order valence-corrected chi connectivity index (χ4v) is 5.20. The van der Waals surface area contributed by atoms with Crippen LogP contribution in [-0.4, -0.2) is 57.5 Å². The van der Waals surface area contributed by atoms with Crippen LogP contribution in [0.2, 0.25) is 0 Å². The van der Waals surface area contributed by atoms with Gasteiger partial charge in [-0.05, 0) is 24.3 Å². The molecule has 3 heterocycles. The molecule has 1 fully saturated rings. The van der Waals surface area contributed by atoms with Crippen molar-refractivity contribution in [1.29, 1.82) is 0 Å². The van der Waals surface area contributed by atoms with E-state index in [1.807, 2.05) is 0 Å². The molecular weight excluding hydrogens is 433 g/mol. The number of thioether (sulfide) groups is 1. The minimum absolute atomic E-state index is 0.0571. The van der Waals surface area contributed by atoms with E-state index in [0.717, 1.165) is 72.4 Å². The molecule has 3 aromatic rings. The molecule has 166 valence electrons. The summed E-state index contributed by atoms with van der Waals surface area (Å²) in [7, 11) is 0. The van der Waals surface area contributed by atoms with Gasteiger partial charge in [0.2, 0.25) is 0 Å². The maximum atomic E-state index is 13.4. The number of thiazole rings is 1. The molecule has 0 spiro atoms. The molecule has 0 bridgehead atoms. The first-order chi connectivity index (χ1) is 14.9. The van der Waals surface area contributed by atoms with Crippen molar-refractivity contribution in [2.75, 3.05) is 32.8 Å². The van der Waals surface area contributed by atoms with Crippen molar-refractivity contribution in [2.45, 2.75) is 43.6 Å². The van der Waals surface area contributed by atoms with Crippen LogP contribution in [0.3, 0.4) is 0 Å². The van der Waals surface area contributed by atoms with Gasteiger partial charge in [-0.15, -0.1) is 21.5 Å². The van der Waals surface area contributed by atoms with Gasteiger partial charge >= 0.3 is 0 Å². The van der Waals surface area contributed by atoms with Crippen LogP contribution in [0.15, 0.2) is 34.8 Å². The Morgan fingerprint density at radius 2 is 1.84 bits per heavy atom. The van der Waals surface area contributed by atoms with Gasteiger partial charge < -0.3 is 9.30 Å². The predicted molar refractivity (Wildman–Crippen MR) is 123 cm³/mol. The van der Waals surface area contributed by atoms with Crippen LogP contribution in [0.1, 0.15) is 31.5 Å². The topological polar surface area (TPSA) is 56.1 Å². The highest BCUT2D eigenvalue weighted by molar-refractivity contribution is 7.98. The van der Waals surface area contributed by atoms with Crippen LogP contribution in [-0.2, 0) is 22.4 Å². The summed E-state index contributed by atoms with van der Waals surface area (Å²) in [5.74, 6) is 1.26. The molecular formula is C22H28FN5OS2. The van der Waals surface area contributed by atoms with Crippen molar-refractivity contribution in [1.82, 2.24) is 24.6 Å². The fourth-order valence-electron chi connectivity index (χ4n) is 3.33. The van der Waals surface area contributed by atoms with Crippen LogP contribution < -0.4 is 0 Å². The number of ether oxygens (including phenoxy) is 1. The smallest absolute Gasteiger partial charge is 0.191 e. The number of halogens is 1. The molecule has 31 heavy (non-hydrogen) atoms. The molecule has 1 aliphatic heterocycles. The molecule has 0 N–H and O–H groups in total. The minimum atomic E-state index is -0.254. The maximum absolute atomic E-state index is 13.4.